The summed E-state index contributed by atoms with van der Waals surface area (Å²) in [4.78, 5) is 13.0. The van der Waals surface area contributed by atoms with Gasteiger partial charge in [-0.25, -0.2) is 4.79 Å². The third kappa shape index (κ3) is 4.26. The van der Waals surface area contributed by atoms with Crippen LogP contribution in [0.5, 0.6) is 11.5 Å². The minimum absolute atomic E-state index is 0.183. The van der Waals surface area contributed by atoms with Crippen LogP contribution >= 0.6 is 12.2 Å². The number of thiocarbonyl (C=S) groups is 1. The van der Waals surface area contributed by atoms with Gasteiger partial charge in [-0.3, -0.25) is 0 Å². The van der Waals surface area contributed by atoms with Crippen LogP contribution in [0.1, 0.15) is 24.1 Å². The zero-order valence-electron chi connectivity index (χ0n) is 15.9. The van der Waals surface area contributed by atoms with Crippen LogP contribution in [-0.2, 0) is 16.1 Å². The molecule has 2 aromatic rings. The van der Waals surface area contributed by atoms with E-state index in [4.69, 9.17) is 26.4 Å². The molecule has 3 rings (SSSR count). The Bertz CT molecular complexity index is 912. The van der Waals surface area contributed by atoms with E-state index < -0.39 is 12.0 Å². The third-order valence-electron chi connectivity index (χ3n) is 4.45. The molecule has 0 saturated heterocycles. The summed E-state index contributed by atoms with van der Waals surface area (Å²) < 4.78 is 16.4. The summed E-state index contributed by atoms with van der Waals surface area (Å²) in [5, 5.41) is 6.57. The van der Waals surface area contributed by atoms with Crippen LogP contribution in [0.15, 0.2) is 59.8 Å². The van der Waals surface area contributed by atoms with Crippen LogP contribution in [0.4, 0.5) is 0 Å². The van der Waals surface area contributed by atoms with Gasteiger partial charge in [0.15, 0.2) is 5.11 Å². The maximum Gasteiger partial charge on any atom is 0.338 e. The molecular weight excluding hydrogens is 376 g/mol. The van der Waals surface area contributed by atoms with Gasteiger partial charge in [-0.1, -0.05) is 30.3 Å². The van der Waals surface area contributed by atoms with E-state index in [-0.39, 0.29) is 6.61 Å². The fourth-order valence-electron chi connectivity index (χ4n) is 3.06. The first-order valence-electron chi connectivity index (χ1n) is 8.74. The average molecular weight is 398 g/mol. The van der Waals surface area contributed by atoms with Crippen LogP contribution < -0.4 is 20.1 Å². The van der Waals surface area contributed by atoms with Crippen molar-refractivity contribution in [1.29, 1.82) is 0 Å². The maximum atomic E-state index is 13.0. The van der Waals surface area contributed by atoms with Crippen molar-refractivity contribution in [3.63, 3.8) is 0 Å². The first kappa shape index (κ1) is 19.7. The van der Waals surface area contributed by atoms with Crippen molar-refractivity contribution in [2.45, 2.75) is 19.6 Å². The number of ether oxygens (including phenoxy) is 3. The van der Waals surface area contributed by atoms with E-state index in [1.165, 1.54) is 0 Å². The number of hydrogen-bond acceptors (Lipinski definition) is 5. The van der Waals surface area contributed by atoms with Crippen LogP contribution in [-0.4, -0.2) is 25.3 Å². The van der Waals surface area contributed by atoms with Gasteiger partial charge < -0.3 is 24.8 Å². The molecule has 2 aromatic carbocycles. The molecule has 1 atom stereocenters. The molecule has 0 spiro atoms. The minimum atomic E-state index is -0.526. The number of rotatable bonds is 6. The van der Waals surface area contributed by atoms with Gasteiger partial charge in [-0.2, -0.15) is 0 Å². The van der Waals surface area contributed by atoms with E-state index in [1.807, 2.05) is 36.4 Å². The number of hydrogen-bond donors (Lipinski definition) is 2. The van der Waals surface area contributed by atoms with E-state index in [1.54, 1.807) is 33.3 Å². The topological polar surface area (TPSA) is 68.8 Å². The van der Waals surface area contributed by atoms with Crippen molar-refractivity contribution in [3.05, 3.63) is 70.9 Å². The molecule has 7 heteroatoms. The summed E-state index contributed by atoms with van der Waals surface area (Å²) in [6.45, 7) is 1.98. The number of carbonyl (C=O) groups excluding carboxylic acids is 1. The minimum Gasteiger partial charge on any atom is -0.497 e. The SMILES string of the molecule is COc1ccc(OC)c([C@@H]2NC(=S)NC(C)=C2C(=O)OCc2ccccc2)c1. The highest BCUT2D eigenvalue weighted by Crippen LogP contribution is 2.36. The van der Waals surface area contributed by atoms with Gasteiger partial charge >= 0.3 is 5.97 Å². The van der Waals surface area contributed by atoms with Crippen LogP contribution in [0.25, 0.3) is 0 Å². The molecule has 0 unspecified atom stereocenters. The van der Waals surface area contributed by atoms with Crippen molar-refractivity contribution in [2.75, 3.05) is 14.2 Å². The smallest absolute Gasteiger partial charge is 0.338 e. The Hall–Kier alpha value is -3.06. The summed E-state index contributed by atoms with van der Waals surface area (Å²) >= 11 is 5.30. The van der Waals surface area contributed by atoms with Crippen molar-refractivity contribution >= 4 is 23.3 Å². The molecule has 0 radical (unpaired) electrons. The monoisotopic (exact) mass is 398 g/mol. The quantitative estimate of drug-likeness (QED) is 0.572. The first-order valence-corrected chi connectivity index (χ1v) is 9.15. The van der Waals surface area contributed by atoms with Gasteiger partial charge in [0.2, 0.25) is 0 Å². The number of benzene rings is 2. The zero-order chi connectivity index (χ0) is 20.1. The Labute approximate surface area is 169 Å². The van der Waals surface area contributed by atoms with Crippen LogP contribution in [0, 0.1) is 0 Å². The van der Waals surface area contributed by atoms with Crippen molar-refractivity contribution in [2.24, 2.45) is 0 Å². The van der Waals surface area contributed by atoms with E-state index in [0.717, 1.165) is 11.1 Å². The Morgan fingerprint density at radius 2 is 1.86 bits per heavy atom. The lowest BCUT2D eigenvalue weighted by atomic mass is 9.94. The zero-order valence-corrected chi connectivity index (χ0v) is 16.8. The Morgan fingerprint density at radius 1 is 1.11 bits per heavy atom. The largest absolute Gasteiger partial charge is 0.497 e. The lowest BCUT2D eigenvalue weighted by Crippen LogP contribution is -2.45. The third-order valence-corrected chi connectivity index (χ3v) is 4.67. The second-order valence-electron chi connectivity index (χ2n) is 6.24. The number of esters is 1. The summed E-state index contributed by atoms with van der Waals surface area (Å²) in [6.07, 6.45) is 0. The predicted octanol–water partition coefficient (Wildman–Crippen LogP) is 3.24. The molecule has 1 heterocycles. The Kier molecular flexibility index (Phi) is 6.16. The van der Waals surface area contributed by atoms with E-state index in [9.17, 15) is 4.79 Å². The van der Waals surface area contributed by atoms with Crippen LogP contribution in [0.2, 0.25) is 0 Å². The van der Waals surface area contributed by atoms with Gasteiger partial charge in [-0.15, -0.1) is 0 Å². The molecule has 0 aromatic heterocycles. The molecule has 0 bridgehead atoms. The molecule has 1 aliphatic heterocycles. The molecule has 0 amide bonds. The molecule has 0 saturated carbocycles. The van der Waals surface area contributed by atoms with Gasteiger partial charge in [0.1, 0.15) is 18.1 Å². The summed E-state index contributed by atoms with van der Waals surface area (Å²) in [7, 11) is 3.16. The molecular formula is C21H22N2O4S. The standard InChI is InChI=1S/C21H22N2O4S/c1-13-18(20(24)27-12-14-7-5-4-6-8-14)19(23-21(28)22-13)16-11-15(25-2)9-10-17(16)26-3/h4-11,19H,12H2,1-3H3,(H2,22,23,28)/t19-/m0/s1. The second-order valence-corrected chi connectivity index (χ2v) is 6.65. The van der Waals surface area contributed by atoms with E-state index >= 15 is 0 Å². The molecule has 0 fully saturated rings. The number of carbonyl (C=O) groups is 1. The van der Waals surface area contributed by atoms with Gasteiger partial charge in [0.05, 0.1) is 25.8 Å². The highest BCUT2D eigenvalue weighted by Gasteiger charge is 2.33. The van der Waals surface area contributed by atoms with Gasteiger partial charge in [-0.05, 0) is 42.9 Å². The van der Waals surface area contributed by atoms with Crippen molar-refractivity contribution < 1.29 is 19.0 Å². The highest BCUT2D eigenvalue weighted by molar-refractivity contribution is 7.80. The lowest BCUT2D eigenvalue weighted by molar-refractivity contribution is -0.140. The Morgan fingerprint density at radius 3 is 2.54 bits per heavy atom. The summed E-state index contributed by atoms with van der Waals surface area (Å²) in [5.74, 6) is 0.833. The fraction of sp³-hybridized carbons (Fsp3) is 0.238. The lowest BCUT2D eigenvalue weighted by Gasteiger charge is -2.30. The molecule has 146 valence electrons. The highest BCUT2D eigenvalue weighted by atomic mass is 32.1. The first-order chi connectivity index (χ1) is 13.5. The molecule has 6 nitrogen and oxygen atoms in total. The van der Waals surface area contributed by atoms with Crippen molar-refractivity contribution in [3.8, 4) is 11.5 Å². The van der Waals surface area contributed by atoms with E-state index in [2.05, 4.69) is 10.6 Å². The second kappa shape index (κ2) is 8.75. The van der Waals surface area contributed by atoms with Crippen molar-refractivity contribution in [1.82, 2.24) is 10.6 Å². The number of allylic oxidation sites excluding steroid dienone is 1. The summed E-state index contributed by atoms with van der Waals surface area (Å²) in [6, 6.07) is 14.4. The van der Waals surface area contributed by atoms with Crippen LogP contribution in [0.3, 0.4) is 0 Å². The average Bonchev–Trinajstić information content (AvgIpc) is 2.71. The molecule has 28 heavy (non-hydrogen) atoms. The predicted molar refractivity (Wildman–Crippen MR) is 110 cm³/mol. The number of methoxy groups -OCH3 is 2. The summed E-state index contributed by atoms with van der Waals surface area (Å²) in [5.41, 5.74) is 2.72. The molecule has 2 N–H and O–H groups in total. The Balaban J connectivity index is 1.94. The van der Waals surface area contributed by atoms with E-state index in [0.29, 0.717) is 27.9 Å². The van der Waals surface area contributed by atoms with Gasteiger partial charge in [0.25, 0.3) is 0 Å². The molecule has 1 aliphatic rings. The molecule has 0 aliphatic carbocycles. The normalized spacial score (nSPS) is 16.1. The maximum absolute atomic E-state index is 13.0. The number of nitrogens with one attached hydrogen (secondary N) is 2. The van der Waals surface area contributed by atoms with Gasteiger partial charge in [0, 0.05) is 11.3 Å². The fourth-order valence-corrected chi connectivity index (χ4v) is 3.33.